The van der Waals surface area contributed by atoms with Gasteiger partial charge in [-0.1, -0.05) is 31.1 Å². The van der Waals surface area contributed by atoms with Crippen LogP contribution in [0.1, 0.15) is 32.8 Å². The molecule has 0 aliphatic rings. The van der Waals surface area contributed by atoms with Gasteiger partial charge in [0, 0.05) is 28.8 Å². The van der Waals surface area contributed by atoms with Crippen molar-refractivity contribution < 1.29 is 24.6 Å². The van der Waals surface area contributed by atoms with Gasteiger partial charge in [-0.25, -0.2) is 9.59 Å². The van der Waals surface area contributed by atoms with Crippen LogP contribution in [0.5, 0.6) is 0 Å². The number of benzene rings is 1. The molecule has 1 rings (SSSR count). The SMILES string of the molecule is CC(=NOCCCN(C)C)c1ccc(SC(C)C)cc1.O=C(O)C=CC(=O)O. The van der Waals surface area contributed by atoms with Crippen LogP contribution in [0, 0.1) is 0 Å². The molecular formula is C20H30N2O5S. The van der Waals surface area contributed by atoms with E-state index in [1.54, 1.807) is 0 Å². The van der Waals surface area contributed by atoms with Crippen LogP contribution in [0.3, 0.4) is 0 Å². The molecule has 0 atom stereocenters. The first-order valence-electron chi connectivity index (χ1n) is 8.84. The van der Waals surface area contributed by atoms with Gasteiger partial charge in [-0.15, -0.1) is 11.8 Å². The maximum absolute atomic E-state index is 9.55. The van der Waals surface area contributed by atoms with Gasteiger partial charge in [0.1, 0.15) is 6.61 Å². The van der Waals surface area contributed by atoms with Gasteiger partial charge in [-0.3, -0.25) is 0 Å². The number of carboxylic acids is 2. The van der Waals surface area contributed by atoms with E-state index in [9.17, 15) is 9.59 Å². The average Bonchev–Trinajstić information content (AvgIpc) is 2.60. The van der Waals surface area contributed by atoms with Crippen molar-refractivity contribution in [2.75, 3.05) is 27.2 Å². The minimum Gasteiger partial charge on any atom is -0.478 e. The van der Waals surface area contributed by atoms with Crippen LogP contribution in [0.25, 0.3) is 0 Å². The Hall–Kier alpha value is -2.32. The Balaban J connectivity index is 0.000000769. The highest BCUT2D eigenvalue weighted by Crippen LogP contribution is 2.23. The van der Waals surface area contributed by atoms with E-state index in [-0.39, 0.29) is 0 Å². The third kappa shape index (κ3) is 14.8. The zero-order valence-electron chi connectivity index (χ0n) is 17.1. The van der Waals surface area contributed by atoms with E-state index < -0.39 is 11.9 Å². The van der Waals surface area contributed by atoms with Crippen molar-refractivity contribution in [3.05, 3.63) is 42.0 Å². The normalized spacial score (nSPS) is 11.5. The first kappa shape index (κ1) is 25.7. The smallest absolute Gasteiger partial charge is 0.328 e. The highest BCUT2D eigenvalue weighted by Gasteiger charge is 2.01. The second-order valence-corrected chi connectivity index (χ2v) is 8.02. The minimum atomic E-state index is -1.26. The Morgan fingerprint density at radius 1 is 1.14 bits per heavy atom. The second kappa shape index (κ2) is 14.7. The van der Waals surface area contributed by atoms with Crippen LogP contribution in [0.4, 0.5) is 0 Å². The Bertz CT molecular complexity index is 639. The first-order chi connectivity index (χ1) is 13.1. The zero-order chi connectivity index (χ0) is 21.5. The van der Waals surface area contributed by atoms with E-state index in [2.05, 4.69) is 62.3 Å². The van der Waals surface area contributed by atoms with Crippen molar-refractivity contribution in [3.63, 3.8) is 0 Å². The van der Waals surface area contributed by atoms with Crippen molar-refractivity contribution >= 4 is 29.4 Å². The standard InChI is InChI=1S/C16H26N2OS.C4H4O4/c1-13(2)20-16-9-7-15(8-10-16)14(3)17-19-12-6-11-18(4)5;5-3(6)1-2-4(7)8/h7-10,13H,6,11-12H2,1-5H3;1-2H,(H,5,6)(H,7,8). The molecule has 0 saturated carbocycles. The fraction of sp³-hybridized carbons (Fsp3) is 0.450. The van der Waals surface area contributed by atoms with Gasteiger partial charge in [-0.05, 0) is 45.1 Å². The summed E-state index contributed by atoms with van der Waals surface area (Å²) in [5.74, 6) is -2.51. The van der Waals surface area contributed by atoms with E-state index in [0.717, 1.165) is 24.2 Å². The van der Waals surface area contributed by atoms with Crippen LogP contribution in [-0.2, 0) is 14.4 Å². The van der Waals surface area contributed by atoms with Gasteiger partial charge in [0.2, 0.25) is 0 Å². The zero-order valence-corrected chi connectivity index (χ0v) is 17.9. The van der Waals surface area contributed by atoms with Gasteiger partial charge in [0.25, 0.3) is 0 Å². The minimum absolute atomic E-state index is 0.558. The number of carboxylic acid groups (broad SMARTS) is 2. The Morgan fingerprint density at radius 3 is 2.11 bits per heavy atom. The summed E-state index contributed by atoms with van der Waals surface area (Å²) in [5, 5.41) is 20.4. The van der Waals surface area contributed by atoms with Crippen LogP contribution in [0.2, 0.25) is 0 Å². The average molecular weight is 411 g/mol. The summed E-state index contributed by atoms with van der Waals surface area (Å²) in [6, 6.07) is 8.50. The van der Waals surface area contributed by atoms with Crippen molar-refractivity contribution in [1.82, 2.24) is 4.90 Å². The molecule has 0 aliphatic heterocycles. The first-order valence-corrected chi connectivity index (χ1v) is 9.72. The summed E-state index contributed by atoms with van der Waals surface area (Å²) in [6.45, 7) is 8.07. The molecule has 0 bridgehead atoms. The predicted molar refractivity (Wildman–Crippen MR) is 113 cm³/mol. The molecule has 1 aromatic carbocycles. The van der Waals surface area contributed by atoms with Gasteiger partial charge in [0.05, 0.1) is 5.71 Å². The van der Waals surface area contributed by atoms with E-state index in [0.29, 0.717) is 24.0 Å². The molecule has 0 unspecified atom stereocenters. The fourth-order valence-corrected chi connectivity index (χ4v) is 2.67. The molecule has 0 spiro atoms. The Kier molecular flexibility index (Phi) is 13.5. The molecule has 28 heavy (non-hydrogen) atoms. The van der Waals surface area contributed by atoms with Gasteiger partial charge in [0.15, 0.2) is 0 Å². The molecule has 8 heteroatoms. The number of rotatable bonds is 10. The lowest BCUT2D eigenvalue weighted by atomic mass is 10.1. The summed E-state index contributed by atoms with van der Waals surface area (Å²) in [4.78, 5) is 27.9. The Labute approximate surface area is 171 Å². The second-order valence-electron chi connectivity index (χ2n) is 6.37. The van der Waals surface area contributed by atoms with Crippen molar-refractivity contribution in [3.8, 4) is 0 Å². The third-order valence-electron chi connectivity index (χ3n) is 3.05. The molecule has 2 N–H and O–H groups in total. The van der Waals surface area contributed by atoms with Crippen molar-refractivity contribution in [2.45, 2.75) is 37.3 Å². The van der Waals surface area contributed by atoms with E-state index in [1.165, 1.54) is 4.90 Å². The highest BCUT2D eigenvalue weighted by molar-refractivity contribution is 7.99. The molecule has 0 aromatic heterocycles. The summed E-state index contributed by atoms with van der Waals surface area (Å²) in [5.41, 5.74) is 2.04. The number of hydrogen-bond donors (Lipinski definition) is 2. The van der Waals surface area contributed by atoms with Gasteiger partial charge >= 0.3 is 11.9 Å². The van der Waals surface area contributed by atoms with Gasteiger partial charge in [-0.2, -0.15) is 0 Å². The Morgan fingerprint density at radius 2 is 1.68 bits per heavy atom. The van der Waals surface area contributed by atoms with Crippen LogP contribution in [-0.4, -0.2) is 65.3 Å². The molecule has 0 saturated heterocycles. The number of aliphatic carboxylic acids is 2. The molecule has 156 valence electrons. The van der Waals surface area contributed by atoms with Crippen LogP contribution < -0.4 is 0 Å². The molecule has 7 nitrogen and oxygen atoms in total. The number of nitrogens with zero attached hydrogens (tertiary/aromatic N) is 2. The third-order valence-corrected chi connectivity index (χ3v) is 4.07. The fourth-order valence-electron chi connectivity index (χ4n) is 1.83. The predicted octanol–water partition coefficient (Wildman–Crippen LogP) is 3.59. The molecule has 0 amide bonds. The quantitative estimate of drug-likeness (QED) is 0.200. The monoisotopic (exact) mass is 410 g/mol. The molecule has 0 fully saturated rings. The lowest BCUT2D eigenvalue weighted by Gasteiger charge is -2.08. The molecule has 1 aromatic rings. The largest absolute Gasteiger partial charge is 0.478 e. The summed E-state index contributed by atoms with van der Waals surface area (Å²) < 4.78 is 0. The lowest BCUT2D eigenvalue weighted by Crippen LogP contribution is -2.14. The maximum Gasteiger partial charge on any atom is 0.328 e. The molecule has 0 heterocycles. The number of carbonyl (C=O) groups is 2. The topological polar surface area (TPSA) is 99.4 Å². The summed E-state index contributed by atoms with van der Waals surface area (Å²) in [6.07, 6.45) is 2.11. The highest BCUT2D eigenvalue weighted by atomic mass is 32.2. The summed E-state index contributed by atoms with van der Waals surface area (Å²) in [7, 11) is 4.12. The number of oxime groups is 1. The van der Waals surface area contributed by atoms with E-state index in [4.69, 9.17) is 15.1 Å². The van der Waals surface area contributed by atoms with Crippen LogP contribution >= 0.6 is 11.8 Å². The van der Waals surface area contributed by atoms with Crippen molar-refractivity contribution in [2.24, 2.45) is 5.16 Å². The molecule has 0 aliphatic carbocycles. The van der Waals surface area contributed by atoms with Crippen molar-refractivity contribution in [1.29, 1.82) is 0 Å². The van der Waals surface area contributed by atoms with Crippen LogP contribution in [0.15, 0.2) is 46.5 Å². The van der Waals surface area contributed by atoms with E-state index in [1.807, 2.05) is 18.7 Å². The molecule has 0 radical (unpaired) electrons. The maximum atomic E-state index is 9.55. The molecular weight excluding hydrogens is 380 g/mol. The number of hydrogen-bond acceptors (Lipinski definition) is 6. The number of thioether (sulfide) groups is 1. The lowest BCUT2D eigenvalue weighted by molar-refractivity contribution is -0.134. The van der Waals surface area contributed by atoms with E-state index >= 15 is 0 Å². The van der Waals surface area contributed by atoms with Gasteiger partial charge < -0.3 is 20.0 Å². The summed E-state index contributed by atoms with van der Waals surface area (Å²) >= 11 is 1.87.